The molecule has 5 aromatic rings. The Labute approximate surface area is 271 Å². The maximum atomic E-state index is 13.3. The minimum Gasteiger partial charge on any atom is -0.419 e. The van der Waals surface area contributed by atoms with Crippen molar-refractivity contribution in [2.45, 2.75) is 19.8 Å². The van der Waals surface area contributed by atoms with Crippen LogP contribution in [-0.2, 0) is 0 Å². The van der Waals surface area contributed by atoms with E-state index in [4.69, 9.17) is 9.47 Å². The Morgan fingerprint density at radius 1 is 0.596 bits per heavy atom. The molecule has 47 heavy (non-hydrogen) atoms. The molecule has 0 bridgehead atoms. The predicted octanol–water partition coefficient (Wildman–Crippen LogP) is 5.83. The highest BCUT2D eigenvalue weighted by atomic mass is 16.6. The Balaban J connectivity index is 1.18. The first kappa shape index (κ1) is 32.2. The lowest BCUT2D eigenvalue weighted by Crippen LogP contribution is -2.28. The summed E-state index contributed by atoms with van der Waals surface area (Å²) in [5, 5.41) is 5.70. The standard InChI is InChI=1S/C37H32N4O6/c1-25-17-21-38-30(23-25)31-24-28(18-22-39-31)34(42)40-19-8-9-20-41-35(43)29-15-10-16-32(46-36(44)26-11-4-2-5-12-26)33(29)47-37(45)27-13-6-3-7-14-27/h2-7,10-18,21-24H,8-9,19-20H2,1H3,(H,40,42)(H,41,43). The van der Waals surface area contributed by atoms with E-state index in [2.05, 4.69) is 20.6 Å². The van der Waals surface area contributed by atoms with Crippen molar-refractivity contribution in [1.82, 2.24) is 20.6 Å². The van der Waals surface area contributed by atoms with Gasteiger partial charge < -0.3 is 20.1 Å². The quantitative estimate of drug-likeness (QED) is 0.100. The normalized spacial score (nSPS) is 10.5. The Morgan fingerprint density at radius 2 is 1.17 bits per heavy atom. The van der Waals surface area contributed by atoms with Crippen LogP contribution in [0, 0.1) is 6.92 Å². The molecule has 0 aliphatic carbocycles. The third kappa shape index (κ3) is 8.73. The maximum Gasteiger partial charge on any atom is 0.343 e. The monoisotopic (exact) mass is 628 g/mol. The number of aromatic nitrogens is 2. The first-order chi connectivity index (χ1) is 22.9. The molecule has 0 fully saturated rings. The van der Waals surface area contributed by atoms with E-state index < -0.39 is 17.8 Å². The topological polar surface area (TPSA) is 137 Å². The summed E-state index contributed by atoms with van der Waals surface area (Å²) in [7, 11) is 0. The van der Waals surface area contributed by atoms with E-state index in [0.717, 1.165) is 5.56 Å². The van der Waals surface area contributed by atoms with Crippen LogP contribution < -0.4 is 20.1 Å². The van der Waals surface area contributed by atoms with Crippen LogP contribution in [0.15, 0.2) is 116 Å². The van der Waals surface area contributed by atoms with Crippen molar-refractivity contribution in [1.29, 1.82) is 0 Å². The molecule has 0 atom stereocenters. The van der Waals surface area contributed by atoms with E-state index in [-0.39, 0.29) is 35.1 Å². The van der Waals surface area contributed by atoms with E-state index in [0.29, 0.717) is 41.9 Å². The molecule has 236 valence electrons. The fourth-order valence-corrected chi connectivity index (χ4v) is 4.58. The van der Waals surface area contributed by atoms with Gasteiger partial charge in [0.25, 0.3) is 11.8 Å². The molecule has 0 aliphatic heterocycles. The first-order valence-electron chi connectivity index (χ1n) is 15.0. The van der Waals surface area contributed by atoms with Gasteiger partial charge in [-0.05, 0) is 86.0 Å². The second-order valence-corrected chi connectivity index (χ2v) is 10.5. The second kappa shape index (κ2) is 15.7. The Morgan fingerprint density at radius 3 is 1.81 bits per heavy atom. The van der Waals surface area contributed by atoms with Crippen molar-refractivity contribution in [3.63, 3.8) is 0 Å². The van der Waals surface area contributed by atoms with Crippen molar-refractivity contribution in [2.75, 3.05) is 13.1 Å². The molecule has 2 N–H and O–H groups in total. The van der Waals surface area contributed by atoms with Crippen molar-refractivity contribution in [3.05, 3.63) is 143 Å². The van der Waals surface area contributed by atoms with Gasteiger partial charge in [-0.3, -0.25) is 19.6 Å². The summed E-state index contributed by atoms with van der Waals surface area (Å²) >= 11 is 0. The van der Waals surface area contributed by atoms with Gasteiger partial charge in [0.05, 0.1) is 28.1 Å². The van der Waals surface area contributed by atoms with E-state index >= 15 is 0 Å². The third-order valence-corrected chi connectivity index (χ3v) is 7.01. The van der Waals surface area contributed by atoms with Gasteiger partial charge in [0.15, 0.2) is 11.5 Å². The summed E-state index contributed by atoms with van der Waals surface area (Å²) in [6, 6.07) is 28.2. The van der Waals surface area contributed by atoms with Gasteiger partial charge in [0.2, 0.25) is 0 Å². The molecule has 0 saturated carbocycles. The number of hydrogen-bond acceptors (Lipinski definition) is 8. The average molecular weight is 629 g/mol. The molecule has 0 saturated heterocycles. The zero-order chi connectivity index (χ0) is 33.0. The summed E-state index contributed by atoms with van der Waals surface area (Å²) in [6.45, 7) is 2.64. The van der Waals surface area contributed by atoms with Gasteiger partial charge in [-0.2, -0.15) is 0 Å². The number of esters is 2. The smallest absolute Gasteiger partial charge is 0.343 e. The van der Waals surface area contributed by atoms with E-state index in [1.165, 1.54) is 18.2 Å². The van der Waals surface area contributed by atoms with Gasteiger partial charge in [0.1, 0.15) is 0 Å². The Bertz CT molecular complexity index is 1880. The van der Waals surface area contributed by atoms with Gasteiger partial charge in [-0.15, -0.1) is 0 Å². The zero-order valence-electron chi connectivity index (χ0n) is 25.6. The molecule has 2 heterocycles. The van der Waals surface area contributed by atoms with Crippen LogP contribution in [-0.4, -0.2) is 46.8 Å². The number of unbranched alkanes of at least 4 members (excludes halogenated alkanes) is 1. The third-order valence-electron chi connectivity index (χ3n) is 7.01. The number of amides is 2. The van der Waals surface area contributed by atoms with Gasteiger partial charge in [-0.1, -0.05) is 42.5 Å². The number of rotatable bonds is 12. The lowest BCUT2D eigenvalue weighted by atomic mass is 10.1. The number of carbonyl (C=O) groups excluding carboxylic acids is 4. The predicted molar refractivity (Wildman–Crippen MR) is 175 cm³/mol. The van der Waals surface area contributed by atoms with Crippen LogP contribution in [0.4, 0.5) is 0 Å². The molecule has 0 radical (unpaired) electrons. The molecular formula is C37H32N4O6. The number of nitrogens with one attached hydrogen (secondary N) is 2. The molecule has 0 spiro atoms. The maximum absolute atomic E-state index is 13.3. The van der Waals surface area contributed by atoms with Crippen molar-refractivity contribution in [2.24, 2.45) is 0 Å². The molecule has 2 amide bonds. The number of hydrogen-bond donors (Lipinski definition) is 2. The molecule has 10 nitrogen and oxygen atoms in total. The molecule has 3 aromatic carbocycles. The fraction of sp³-hybridized carbons (Fsp3) is 0.135. The lowest BCUT2D eigenvalue weighted by molar-refractivity contribution is 0.0678. The van der Waals surface area contributed by atoms with Crippen LogP contribution in [0.1, 0.15) is 59.8 Å². The van der Waals surface area contributed by atoms with Crippen molar-refractivity contribution >= 4 is 23.8 Å². The number of carbonyl (C=O) groups is 4. The first-order valence-corrected chi connectivity index (χ1v) is 15.0. The number of benzene rings is 3. The average Bonchev–Trinajstić information content (AvgIpc) is 3.11. The van der Waals surface area contributed by atoms with E-state index in [9.17, 15) is 19.2 Å². The molecule has 2 aromatic heterocycles. The number of ether oxygens (including phenoxy) is 2. The highest BCUT2D eigenvalue weighted by Gasteiger charge is 2.23. The molecule has 0 unspecified atom stereocenters. The molecular weight excluding hydrogens is 596 g/mol. The van der Waals surface area contributed by atoms with Gasteiger partial charge in [-0.25, -0.2) is 9.59 Å². The van der Waals surface area contributed by atoms with Crippen molar-refractivity contribution < 1.29 is 28.7 Å². The molecule has 5 rings (SSSR count). The van der Waals surface area contributed by atoms with Crippen LogP contribution in [0.3, 0.4) is 0 Å². The van der Waals surface area contributed by atoms with Gasteiger partial charge >= 0.3 is 11.9 Å². The lowest BCUT2D eigenvalue weighted by Gasteiger charge is -2.15. The highest BCUT2D eigenvalue weighted by Crippen LogP contribution is 2.33. The van der Waals surface area contributed by atoms with Crippen LogP contribution in [0.5, 0.6) is 11.5 Å². The largest absolute Gasteiger partial charge is 0.419 e. The van der Waals surface area contributed by atoms with E-state index in [1.807, 2.05) is 19.1 Å². The van der Waals surface area contributed by atoms with E-state index in [1.54, 1.807) is 85.2 Å². The SMILES string of the molecule is Cc1ccnc(-c2cc(C(=O)NCCCCNC(=O)c3cccc(OC(=O)c4ccccc4)c3OC(=O)c3ccccc3)ccn2)c1. The highest BCUT2D eigenvalue weighted by molar-refractivity contribution is 6.01. The summed E-state index contributed by atoms with van der Waals surface area (Å²) in [4.78, 5) is 60.4. The Hall–Kier alpha value is -6.16. The molecule has 10 heteroatoms. The van der Waals surface area contributed by atoms with Crippen LogP contribution >= 0.6 is 0 Å². The van der Waals surface area contributed by atoms with Crippen LogP contribution in [0.25, 0.3) is 11.4 Å². The summed E-state index contributed by atoms with van der Waals surface area (Å²) in [5.41, 5.74) is 3.39. The van der Waals surface area contributed by atoms with Crippen molar-refractivity contribution in [3.8, 4) is 22.9 Å². The minimum atomic E-state index is -0.713. The summed E-state index contributed by atoms with van der Waals surface area (Å²) in [6.07, 6.45) is 4.43. The number of para-hydroxylation sites is 1. The second-order valence-electron chi connectivity index (χ2n) is 10.5. The molecule has 0 aliphatic rings. The zero-order valence-corrected chi connectivity index (χ0v) is 25.6. The Kier molecular flexibility index (Phi) is 10.8. The number of pyridine rings is 2. The summed E-state index contributed by atoms with van der Waals surface area (Å²) < 4.78 is 11.2. The van der Waals surface area contributed by atoms with Gasteiger partial charge in [0, 0.05) is 31.0 Å². The number of nitrogens with zero attached hydrogens (tertiary/aromatic N) is 2. The summed E-state index contributed by atoms with van der Waals surface area (Å²) in [5.74, 6) is -2.38. The fourth-order valence-electron chi connectivity index (χ4n) is 4.58. The van der Waals surface area contributed by atoms with Crippen LogP contribution in [0.2, 0.25) is 0 Å². The minimum absolute atomic E-state index is 0.0255. The number of aryl methyl sites for hydroxylation is 1.